The van der Waals surface area contributed by atoms with Gasteiger partial charge in [0.25, 0.3) is 0 Å². The third-order valence-corrected chi connectivity index (χ3v) is 5.33. The number of methoxy groups -OCH3 is 1. The van der Waals surface area contributed by atoms with Crippen molar-refractivity contribution in [3.63, 3.8) is 0 Å². The van der Waals surface area contributed by atoms with Crippen LogP contribution in [-0.4, -0.2) is 84.2 Å². The van der Waals surface area contributed by atoms with Gasteiger partial charge in [-0.1, -0.05) is 12.1 Å². The van der Waals surface area contributed by atoms with Crippen LogP contribution in [0.3, 0.4) is 0 Å². The molecule has 2 heterocycles. The molecule has 1 aliphatic heterocycles. The number of likely N-dealkylation sites (tertiary alicyclic amines) is 1. The highest BCUT2D eigenvalue weighted by molar-refractivity contribution is 5.84. The largest absolute Gasteiger partial charge is 0.497 e. The summed E-state index contributed by atoms with van der Waals surface area (Å²) < 4.78 is 5.21. The molecule has 0 radical (unpaired) electrons. The van der Waals surface area contributed by atoms with E-state index in [9.17, 15) is 4.79 Å². The molecule has 0 atom stereocenters. The fourth-order valence-corrected chi connectivity index (χ4v) is 3.44. The van der Waals surface area contributed by atoms with Crippen LogP contribution in [0, 0.1) is 0 Å². The highest BCUT2D eigenvalue weighted by Crippen LogP contribution is 2.24. The number of carbonyl (C=O) groups is 1. The predicted octanol–water partition coefficient (Wildman–Crippen LogP) is 1.27. The topological polar surface area (TPSA) is 98.7 Å². The summed E-state index contributed by atoms with van der Waals surface area (Å²) in [7, 11) is 5.16. The lowest BCUT2D eigenvalue weighted by Gasteiger charge is -2.33. The Morgan fingerprint density at radius 1 is 1.30 bits per heavy atom. The van der Waals surface area contributed by atoms with Crippen LogP contribution >= 0.6 is 0 Å². The van der Waals surface area contributed by atoms with Gasteiger partial charge in [-0.2, -0.15) is 5.10 Å². The number of piperidine rings is 1. The summed E-state index contributed by atoms with van der Waals surface area (Å²) in [5.74, 6) is 2.96. The summed E-state index contributed by atoms with van der Waals surface area (Å²) in [5, 5.41) is 10.4. The van der Waals surface area contributed by atoms with Gasteiger partial charge in [0.05, 0.1) is 7.11 Å². The zero-order valence-corrected chi connectivity index (χ0v) is 18.0. The molecule has 1 fully saturated rings. The number of ether oxygens (including phenoxy) is 1. The minimum atomic E-state index is -0.0130. The number of hydrogen-bond acceptors (Lipinski definition) is 5. The average Bonchev–Trinajstić information content (AvgIpc) is 3.31. The monoisotopic (exact) mass is 413 g/mol. The first-order valence-corrected chi connectivity index (χ1v) is 10.3. The van der Waals surface area contributed by atoms with Crippen LogP contribution in [0.1, 0.15) is 30.1 Å². The molecule has 0 spiro atoms. The predicted molar refractivity (Wildman–Crippen MR) is 116 cm³/mol. The van der Waals surface area contributed by atoms with Gasteiger partial charge >= 0.3 is 0 Å². The Labute approximate surface area is 177 Å². The molecule has 3 rings (SSSR count). The maximum Gasteiger partial charge on any atom is 0.243 e. The first-order valence-electron chi connectivity index (χ1n) is 10.3. The van der Waals surface area contributed by atoms with E-state index in [0.717, 1.165) is 56.4 Å². The number of nitrogens with zero attached hydrogens (tertiary/aromatic N) is 5. The van der Waals surface area contributed by atoms with Crippen LogP contribution in [0.15, 0.2) is 35.6 Å². The molecule has 1 aliphatic rings. The van der Waals surface area contributed by atoms with E-state index in [1.807, 2.05) is 12.1 Å². The van der Waals surface area contributed by atoms with Crippen LogP contribution in [0.2, 0.25) is 0 Å². The Kier molecular flexibility index (Phi) is 7.64. The molecular weight excluding hydrogens is 382 g/mol. The molecule has 0 saturated carbocycles. The molecule has 0 bridgehead atoms. The van der Waals surface area contributed by atoms with Crippen molar-refractivity contribution in [1.29, 1.82) is 0 Å². The Balaban J connectivity index is 1.58. The van der Waals surface area contributed by atoms with Crippen molar-refractivity contribution in [2.24, 2.45) is 4.99 Å². The van der Waals surface area contributed by atoms with Crippen LogP contribution in [0.25, 0.3) is 0 Å². The second-order valence-corrected chi connectivity index (χ2v) is 7.58. The molecule has 2 N–H and O–H groups in total. The zero-order chi connectivity index (χ0) is 21.3. The minimum Gasteiger partial charge on any atom is -0.497 e. The van der Waals surface area contributed by atoms with Crippen LogP contribution < -0.4 is 10.1 Å². The number of guanidine groups is 1. The number of aromatic nitrogens is 3. The van der Waals surface area contributed by atoms with Gasteiger partial charge in [-0.05, 0) is 37.0 Å². The van der Waals surface area contributed by atoms with Crippen molar-refractivity contribution in [3.05, 3.63) is 42.0 Å². The van der Waals surface area contributed by atoms with Gasteiger partial charge in [-0.3, -0.25) is 9.89 Å². The highest BCUT2D eigenvalue weighted by Gasteiger charge is 2.24. The number of aromatic amines is 1. The lowest BCUT2D eigenvalue weighted by molar-refractivity contribution is -0.127. The summed E-state index contributed by atoms with van der Waals surface area (Å²) in [6, 6.07) is 8.06. The third-order valence-electron chi connectivity index (χ3n) is 5.33. The normalized spacial score (nSPS) is 15.2. The van der Waals surface area contributed by atoms with E-state index in [2.05, 4.69) is 42.5 Å². The van der Waals surface area contributed by atoms with E-state index in [-0.39, 0.29) is 12.5 Å². The first-order chi connectivity index (χ1) is 14.6. The van der Waals surface area contributed by atoms with Gasteiger partial charge in [-0.15, -0.1) is 0 Å². The van der Waals surface area contributed by atoms with Crippen LogP contribution in [0.4, 0.5) is 0 Å². The maximum atomic E-state index is 12.0. The van der Waals surface area contributed by atoms with Gasteiger partial charge in [-0.25, -0.2) is 9.98 Å². The number of H-pyrrole nitrogens is 1. The lowest BCUT2D eigenvalue weighted by Crippen LogP contribution is -2.46. The fraction of sp³-hybridized carbons (Fsp3) is 0.524. The molecule has 1 aromatic carbocycles. The molecule has 1 amide bonds. The summed E-state index contributed by atoms with van der Waals surface area (Å²) in [5.41, 5.74) is 1.22. The average molecular weight is 414 g/mol. The number of amides is 1. The Morgan fingerprint density at radius 2 is 2.03 bits per heavy atom. The van der Waals surface area contributed by atoms with Crippen LogP contribution in [0.5, 0.6) is 5.75 Å². The van der Waals surface area contributed by atoms with E-state index in [1.165, 1.54) is 5.56 Å². The molecule has 2 aromatic rings. The quantitative estimate of drug-likeness (QED) is 0.524. The van der Waals surface area contributed by atoms with Crippen molar-refractivity contribution in [2.45, 2.75) is 25.2 Å². The molecule has 0 unspecified atom stereocenters. The highest BCUT2D eigenvalue weighted by atomic mass is 16.5. The van der Waals surface area contributed by atoms with E-state index >= 15 is 0 Å². The zero-order valence-electron chi connectivity index (χ0n) is 18.0. The van der Waals surface area contributed by atoms with Gasteiger partial charge in [0, 0.05) is 39.6 Å². The van der Waals surface area contributed by atoms with Gasteiger partial charge in [0.2, 0.25) is 5.91 Å². The second-order valence-electron chi connectivity index (χ2n) is 7.58. The number of rotatable bonds is 7. The van der Waals surface area contributed by atoms with Crippen LogP contribution in [-0.2, 0) is 11.2 Å². The maximum absolute atomic E-state index is 12.0. The SMILES string of the molecule is COc1ccc(CCNC(=NCC(=O)N(C)C)N2CCC(c3ncn[nH]3)CC2)cc1. The lowest BCUT2D eigenvalue weighted by atomic mass is 9.96. The molecule has 1 aromatic heterocycles. The summed E-state index contributed by atoms with van der Waals surface area (Å²) in [6.07, 6.45) is 4.35. The van der Waals surface area contributed by atoms with E-state index in [1.54, 1.807) is 32.4 Å². The summed E-state index contributed by atoms with van der Waals surface area (Å²) in [6.45, 7) is 2.59. The molecule has 1 saturated heterocycles. The van der Waals surface area contributed by atoms with Crippen molar-refractivity contribution in [2.75, 3.05) is 47.4 Å². The molecule has 162 valence electrons. The minimum absolute atomic E-state index is 0.0130. The first kappa shape index (κ1) is 21.6. The van der Waals surface area contributed by atoms with Gasteiger partial charge in [0.1, 0.15) is 24.4 Å². The van der Waals surface area contributed by atoms with Gasteiger partial charge in [0.15, 0.2) is 5.96 Å². The van der Waals surface area contributed by atoms with Crippen molar-refractivity contribution in [1.82, 2.24) is 30.3 Å². The molecular formula is C21H31N7O2. The summed E-state index contributed by atoms with van der Waals surface area (Å²) >= 11 is 0. The molecule has 0 aliphatic carbocycles. The van der Waals surface area contributed by atoms with E-state index < -0.39 is 0 Å². The Hall–Kier alpha value is -3.10. The second kappa shape index (κ2) is 10.6. The number of likely N-dealkylation sites (N-methyl/N-ethyl adjacent to an activating group) is 1. The number of benzene rings is 1. The number of nitrogens with one attached hydrogen (secondary N) is 2. The third kappa shape index (κ3) is 5.95. The molecule has 9 heteroatoms. The van der Waals surface area contributed by atoms with E-state index in [4.69, 9.17) is 4.74 Å². The smallest absolute Gasteiger partial charge is 0.243 e. The Bertz CT molecular complexity index is 810. The van der Waals surface area contributed by atoms with Crippen molar-refractivity contribution >= 4 is 11.9 Å². The number of aliphatic imine (C=N–C) groups is 1. The fourth-order valence-electron chi connectivity index (χ4n) is 3.44. The number of carbonyl (C=O) groups excluding carboxylic acids is 1. The standard InChI is InChI=1S/C21H31N7O2/c1-27(2)19(29)14-23-21(22-11-8-16-4-6-18(30-3)7-5-16)28-12-9-17(10-13-28)20-24-15-25-26-20/h4-7,15,17H,8-14H2,1-3H3,(H,22,23)(H,24,25,26). The number of hydrogen-bond donors (Lipinski definition) is 2. The van der Waals surface area contributed by atoms with E-state index in [0.29, 0.717) is 5.92 Å². The van der Waals surface area contributed by atoms with Crippen molar-refractivity contribution < 1.29 is 9.53 Å². The van der Waals surface area contributed by atoms with Crippen molar-refractivity contribution in [3.8, 4) is 5.75 Å². The van der Waals surface area contributed by atoms with Gasteiger partial charge < -0.3 is 19.9 Å². The Morgan fingerprint density at radius 3 is 2.63 bits per heavy atom. The molecule has 30 heavy (non-hydrogen) atoms. The summed E-state index contributed by atoms with van der Waals surface area (Å²) in [4.78, 5) is 24.7. The molecule has 9 nitrogen and oxygen atoms in total.